The first kappa shape index (κ1) is 17.0. The molecule has 9 heteroatoms. The van der Waals surface area contributed by atoms with Crippen LogP contribution in [0.3, 0.4) is 0 Å². The molecule has 1 aliphatic rings. The first-order valence-corrected chi connectivity index (χ1v) is 8.61. The molecule has 4 rings (SSSR count). The summed E-state index contributed by atoms with van der Waals surface area (Å²) in [4.78, 5) is 16.2. The number of anilines is 2. The van der Waals surface area contributed by atoms with Gasteiger partial charge in [0.15, 0.2) is 0 Å². The van der Waals surface area contributed by atoms with E-state index in [4.69, 9.17) is 0 Å². The van der Waals surface area contributed by atoms with Crippen LogP contribution in [-0.2, 0) is 0 Å². The average Bonchev–Trinajstić information content (AvgIpc) is 3.20. The lowest BCUT2D eigenvalue weighted by Crippen LogP contribution is -2.50. The second-order valence-electron chi connectivity index (χ2n) is 6.14. The lowest BCUT2D eigenvalue weighted by Gasteiger charge is -2.34. The van der Waals surface area contributed by atoms with E-state index >= 15 is 0 Å². The monoisotopic (exact) mass is 367 g/mol. The number of urea groups is 1. The Hall–Kier alpha value is -3.49. The number of carbonyl (C=O) groups excluding carboxylic acids is 1. The van der Waals surface area contributed by atoms with Crippen molar-refractivity contribution in [2.45, 2.75) is 0 Å². The van der Waals surface area contributed by atoms with Crippen molar-refractivity contribution >= 4 is 17.7 Å². The van der Waals surface area contributed by atoms with Crippen molar-refractivity contribution in [1.29, 1.82) is 0 Å². The van der Waals surface area contributed by atoms with Crippen molar-refractivity contribution < 1.29 is 9.18 Å². The summed E-state index contributed by atoms with van der Waals surface area (Å²) in [6.45, 7) is 2.30. The van der Waals surface area contributed by atoms with Crippen LogP contribution in [0, 0.1) is 5.82 Å². The van der Waals surface area contributed by atoms with E-state index in [1.807, 2.05) is 30.3 Å². The van der Waals surface area contributed by atoms with Gasteiger partial charge in [0.2, 0.25) is 5.95 Å². The second kappa shape index (κ2) is 7.40. The summed E-state index contributed by atoms with van der Waals surface area (Å²) in [5.74, 6) is 0.317. The van der Waals surface area contributed by atoms with Gasteiger partial charge in [-0.2, -0.15) is 4.68 Å². The third kappa shape index (κ3) is 3.71. The van der Waals surface area contributed by atoms with Crippen molar-refractivity contribution in [3.05, 3.63) is 60.4 Å². The van der Waals surface area contributed by atoms with E-state index in [-0.39, 0.29) is 11.8 Å². The number of tetrazole rings is 1. The molecule has 1 aliphatic heterocycles. The van der Waals surface area contributed by atoms with E-state index in [1.54, 1.807) is 9.58 Å². The summed E-state index contributed by atoms with van der Waals surface area (Å²) in [5, 5.41) is 14.8. The fourth-order valence-electron chi connectivity index (χ4n) is 2.96. The molecule has 0 spiro atoms. The van der Waals surface area contributed by atoms with Gasteiger partial charge in [-0.05, 0) is 46.8 Å². The summed E-state index contributed by atoms with van der Waals surface area (Å²) >= 11 is 0. The van der Waals surface area contributed by atoms with Crippen molar-refractivity contribution in [2.75, 3.05) is 36.4 Å². The zero-order chi connectivity index (χ0) is 18.6. The number of nitrogens with zero attached hydrogens (tertiary/aromatic N) is 6. The second-order valence-corrected chi connectivity index (χ2v) is 6.14. The van der Waals surface area contributed by atoms with Gasteiger partial charge < -0.3 is 15.1 Å². The largest absolute Gasteiger partial charge is 0.336 e. The van der Waals surface area contributed by atoms with Gasteiger partial charge in [-0.3, -0.25) is 0 Å². The third-order valence-corrected chi connectivity index (χ3v) is 4.40. The highest BCUT2D eigenvalue weighted by Gasteiger charge is 2.25. The van der Waals surface area contributed by atoms with E-state index in [9.17, 15) is 9.18 Å². The Morgan fingerprint density at radius 2 is 1.67 bits per heavy atom. The quantitative estimate of drug-likeness (QED) is 0.767. The zero-order valence-corrected chi connectivity index (χ0v) is 14.5. The highest BCUT2D eigenvalue weighted by Crippen LogP contribution is 2.17. The van der Waals surface area contributed by atoms with E-state index in [0.29, 0.717) is 37.8 Å². The smallest absolute Gasteiger partial charge is 0.321 e. The highest BCUT2D eigenvalue weighted by molar-refractivity contribution is 5.89. The van der Waals surface area contributed by atoms with Crippen LogP contribution in [0.25, 0.3) is 5.69 Å². The molecule has 2 heterocycles. The molecule has 1 aromatic heterocycles. The van der Waals surface area contributed by atoms with E-state index in [1.165, 1.54) is 24.3 Å². The summed E-state index contributed by atoms with van der Waals surface area (Å²) in [7, 11) is 0. The predicted molar refractivity (Wildman–Crippen MR) is 98.4 cm³/mol. The van der Waals surface area contributed by atoms with Crippen LogP contribution in [0.4, 0.5) is 20.8 Å². The lowest BCUT2D eigenvalue weighted by atomic mass is 10.3. The Morgan fingerprint density at radius 1 is 0.963 bits per heavy atom. The molecule has 27 heavy (non-hydrogen) atoms. The first-order valence-electron chi connectivity index (χ1n) is 8.61. The number of hydrogen-bond acceptors (Lipinski definition) is 5. The van der Waals surface area contributed by atoms with Gasteiger partial charge in [0.05, 0.1) is 5.69 Å². The minimum Gasteiger partial charge on any atom is -0.336 e. The maximum atomic E-state index is 13.0. The standard InChI is InChI=1S/C18H18FN7O/c19-14-6-8-15(9-7-14)20-18(27)25-12-10-24(11-13-25)17-21-22-23-26(17)16-4-2-1-3-5-16/h1-9H,10-13H2,(H,20,27). The van der Waals surface area contributed by atoms with E-state index < -0.39 is 0 Å². The number of benzene rings is 2. The Balaban J connectivity index is 1.39. The molecule has 0 radical (unpaired) electrons. The van der Waals surface area contributed by atoms with Crippen molar-refractivity contribution in [3.63, 3.8) is 0 Å². The molecule has 0 saturated carbocycles. The van der Waals surface area contributed by atoms with Gasteiger partial charge in [-0.1, -0.05) is 23.3 Å². The Labute approximate surface area is 155 Å². The summed E-state index contributed by atoms with van der Waals surface area (Å²) < 4.78 is 14.7. The molecule has 1 fully saturated rings. The van der Waals surface area contributed by atoms with Crippen molar-refractivity contribution in [2.24, 2.45) is 0 Å². The molecular weight excluding hydrogens is 349 g/mol. The Kier molecular flexibility index (Phi) is 4.65. The number of nitrogens with one attached hydrogen (secondary N) is 1. The number of carbonyl (C=O) groups is 1. The number of amides is 2. The number of rotatable bonds is 3. The van der Waals surface area contributed by atoms with Crippen LogP contribution in [0.1, 0.15) is 0 Å². The molecule has 138 valence electrons. The predicted octanol–water partition coefficient (Wildman–Crippen LogP) is 2.16. The Morgan fingerprint density at radius 3 is 2.37 bits per heavy atom. The number of piperazine rings is 1. The SMILES string of the molecule is O=C(Nc1ccc(F)cc1)N1CCN(c2nnnn2-c2ccccc2)CC1. The van der Waals surface area contributed by atoms with Gasteiger partial charge >= 0.3 is 6.03 Å². The fourth-order valence-corrected chi connectivity index (χ4v) is 2.96. The molecule has 0 unspecified atom stereocenters. The average molecular weight is 367 g/mol. The molecule has 1 N–H and O–H groups in total. The minimum absolute atomic E-state index is 0.205. The number of halogens is 1. The maximum absolute atomic E-state index is 13.0. The van der Waals surface area contributed by atoms with Crippen LogP contribution in [0.15, 0.2) is 54.6 Å². The molecule has 2 amide bonds. The normalized spacial score (nSPS) is 14.3. The molecule has 0 aliphatic carbocycles. The van der Waals surface area contributed by atoms with Gasteiger partial charge in [0.25, 0.3) is 0 Å². The van der Waals surface area contributed by atoms with Crippen LogP contribution < -0.4 is 10.2 Å². The Bertz CT molecular complexity index is 905. The molecule has 8 nitrogen and oxygen atoms in total. The molecule has 1 saturated heterocycles. The highest BCUT2D eigenvalue weighted by atomic mass is 19.1. The molecular formula is C18H18FN7O. The van der Waals surface area contributed by atoms with E-state index in [0.717, 1.165) is 5.69 Å². The first-order chi connectivity index (χ1) is 13.2. The number of para-hydroxylation sites is 1. The van der Waals surface area contributed by atoms with Crippen LogP contribution >= 0.6 is 0 Å². The lowest BCUT2D eigenvalue weighted by molar-refractivity contribution is 0.208. The number of aromatic nitrogens is 4. The number of hydrogen-bond donors (Lipinski definition) is 1. The minimum atomic E-state index is -0.335. The topological polar surface area (TPSA) is 79.2 Å². The summed E-state index contributed by atoms with van der Waals surface area (Å²) in [5.41, 5.74) is 1.45. The van der Waals surface area contributed by atoms with Gasteiger partial charge in [0.1, 0.15) is 5.82 Å². The summed E-state index contributed by atoms with van der Waals surface area (Å²) in [6, 6.07) is 15.2. The summed E-state index contributed by atoms with van der Waals surface area (Å²) in [6.07, 6.45) is 0. The fraction of sp³-hybridized carbons (Fsp3) is 0.222. The molecule has 2 aromatic carbocycles. The maximum Gasteiger partial charge on any atom is 0.321 e. The van der Waals surface area contributed by atoms with Gasteiger partial charge in [-0.25, -0.2) is 9.18 Å². The molecule has 0 bridgehead atoms. The molecule has 3 aromatic rings. The van der Waals surface area contributed by atoms with Gasteiger partial charge in [0, 0.05) is 31.9 Å². The van der Waals surface area contributed by atoms with Crippen LogP contribution in [0.2, 0.25) is 0 Å². The van der Waals surface area contributed by atoms with Crippen molar-refractivity contribution in [3.8, 4) is 5.69 Å². The third-order valence-electron chi connectivity index (χ3n) is 4.40. The van der Waals surface area contributed by atoms with Crippen molar-refractivity contribution in [1.82, 2.24) is 25.1 Å². The molecule has 0 atom stereocenters. The van der Waals surface area contributed by atoms with Gasteiger partial charge in [-0.15, -0.1) is 0 Å². The van der Waals surface area contributed by atoms with E-state index in [2.05, 4.69) is 25.7 Å². The zero-order valence-electron chi connectivity index (χ0n) is 14.5. The van der Waals surface area contributed by atoms with Crippen LogP contribution in [-0.4, -0.2) is 57.3 Å². The van der Waals surface area contributed by atoms with Crippen LogP contribution in [0.5, 0.6) is 0 Å².